The highest BCUT2D eigenvalue weighted by Crippen LogP contribution is 2.11. The number of halogens is 1. The van der Waals surface area contributed by atoms with Crippen LogP contribution in [0.25, 0.3) is 0 Å². The Kier molecular flexibility index (Phi) is 4.63. The van der Waals surface area contributed by atoms with Gasteiger partial charge in [0.05, 0.1) is 0 Å². The highest BCUT2D eigenvalue weighted by molar-refractivity contribution is 5.95. The van der Waals surface area contributed by atoms with Crippen LogP contribution in [0.3, 0.4) is 0 Å². The van der Waals surface area contributed by atoms with Gasteiger partial charge >= 0.3 is 5.97 Å². The van der Waals surface area contributed by atoms with Gasteiger partial charge in [-0.25, -0.2) is 4.39 Å². The number of amides is 1. The van der Waals surface area contributed by atoms with E-state index in [1.165, 1.54) is 25.1 Å². The standard InChI is InChI=1S/C12H14FNO3/c1-8-9(4-2-5-10(8)13)12(17)14-7-3-6-11(15)16/h2,4-5H,3,6-7H2,1H3,(H,14,17)(H,15,16). The Bertz CT molecular complexity index is 432. The van der Waals surface area contributed by atoms with Crippen LogP contribution in [0.1, 0.15) is 28.8 Å². The molecule has 0 atom stereocenters. The van der Waals surface area contributed by atoms with Gasteiger partial charge in [-0.1, -0.05) is 6.07 Å². The molecule has 0 spiro atoms. The number of benzene rings is 1. The number of nitrogens with one attached hydrogen (secondary N) is 1. The topological polar surface area (TPSA) is 66.4 Å². The van der Waals surface area contributed by atoms with Gasteiger partial charge in [-0.2, -0.15) is 0 Å². The van der Waals surface area contributed by atoms with Crippen molar-refractivity contribution in [1.82, 2.24) is 5.32 Å². The third-order valence-electron chi connectivity index (χ3n) is 2.37. The van der Waals surface area contributed by atoms with Crippen LogP contribution in [0.2, 0.25) is 0 Å². The molecular formula is C12H14FNO3. The quantitative estimate of drug-likeness (QED) is 0.769. The van der Waals surface area contributed by atoms with Gasteiger partial charge in [0, 0.05) is 18.5 Å². The van der Waals surface area contributed by atoms with E-state index in [1.54, 1.807) is 0 Å². The Morgan fingerprint density at radius 3 is 2.76 bits per heavy atom. The molecule has 92 valence electrons. The molecule has 0 heterocycles. The molecule has 5 heteroatoms. The van der Waals surface area contributed by atoms with E-state index in [0.717, 1.165) is 0 Å². The zero-order chi connectivity index (χ0) is 12.8. The number of hydrogen-bond donors (Lipinski definition) is 2. The maximum absolute atomic E-state index is 13.2. The Morgan fingerprint density at radius 1 is 1.41 bits per heavy atom. The first-order valence-electron chi connectivity index (χ1n) is 5.27. The molecule has 1 rings (SSSR count). The van der Waals surface area contributed by atoms with Gasteiger partial charge in [-0.15, -0.1) is 0 Å². The minimum Gasteiger partial charge on any atom is -0.481 e. The molecule has 1 aromatic rings. The molecule has 0 aliphatic carbocycles. The lowest BCUT2D eigenvalue weighted by Crippen LogP contribution is -2.25. The number of hydrogen-bond acceptors (Lipinski definition) is 2. The first-order valence-corrected chi connectivity index (χ1v) is 5.27. The van der Waals surface area contributed by atoms with Crippen LogP contribution in [0.5, 0.6) is 0 Å². The lowest BCUT2D eigenvalue weighted by atomic mass is 10.1. The summed E-state index contributed by atoms with van der Waals surface area (Å²) in [7, 11) is 0. The molecule has 1 aromatic carbocycles. The summed E-state index contributed by atoms with van der Waals surface area (Å²) in [6.45, 7) is 1.79. The number of carbonyl (C=O) groups excluding carboxylic acids is 1. The summed E-state index contributed by atoms with van der Waals surface area (Å²) in [6.07, 6.45) is 0.359. The monoisotopic (exact) mass is 239 g/mol. The molecule has 0 radical (unpaired) electrons. The number of rotatable bonds is 5. The third-order valence-corrected chi connectivity index (χ3v) is 2.37. The van der Waals surface area contributed by atoms with Gasteiger partial charge in [0.15, 0.2) is 0 Å². The normalized spacial score (nSPS) is 10.0. The van der Waals surface area contributed by atoms with Gasteiger partial charge in [0.1, 0.15) is 5.82 Å². The minimum absolute atomic E-state index is 0.00239. The molecule has 0 aromatic heterocycles. The fourth-order valence-electron chi connectivity index (χ4n) is 1.39. The van der Waals surface area contributed by atoms with Gasteiger partial charge in [-0.3, -0.25) is 9.59 Å². The second kappa shape index (κ2) is 5.98. The molecule has 0 aliphatic rings. The predicted octanol–water partition coefficient (Wildman–Crippen LogP) is 1.73. The molecule has 0 aliphatic heterocycles. The fraction of sp³-hybridized carbons (Fsp3) is 0.333. The van der Waals surface area contributed by atoms with E-state index in [0.29, 0.717) is 12.0 Å². The molecule has 17 heavy (non-hydrogen) atoms. The molecule has 2 N–H and O–H groups in total. The smallest absolute Gasteiger partial charge is 0.303 e. The molecule has 1 amide bonds. The second-order valence-electron chi connectivity index (χ2n) is 3.67. The summed E-state index contributed by atoms with van der Waals surface area (Å²) in [5, 5.41) is 11.0. The number of carbonyl (C=O) groups is 2. The zero-order valence-electron chi connectivity index (χ0n) is 9.50. The number of carboxylic acid groups (broad SMARTS) is 1. The molecule has 0 bridgehead atoms. The first kappa shape index (κ1) is 13.2. The summed E-state index contributed by atoms with van der Waals surface area (Å²) >= 11 is 0. The lowest BCUT2D eigenvalue weighted by molar-refractivity contribution is -0.137. The molecule has 0 fully saturated rings. The average Bonchev–Trinajstić information content (AvgIpc) is 2.27. The highest BCUT2D eigenvalue weighted by atomic mass is 19.1. The van der Waals surface area contributed by atoms with Crippen molar-refractivity contribution in [3.05, 3.63) is 35.1 Å². The van der Waals surface area contributed by atoms with E-state index in [1.807, 2.05) is 0 Å². The van der Waals surface area contributed by atoms with E-state index >= 15 is 0 Å². The van der Waals surface area contributed by atoms with Crippen LogP contribution in [-0.2, 0) is 4.79 Å². The number of aliphatic carboxylic acids is 1. The SMILES string of the molecule is Cc1c(F)cccc1C(=O)NCCCC(=O)O. The van der Waals surface area contributed by atoms with Gasteiger partial charge in [-0.05, 0) is 31.0 Å². The van der Waals surface area contributed by atoms with Crippen LogP contribution < -0.4 is 5.32 Å². The Balaban J connectivity index is 2.53. The summed E-state index contributed by atoms with van der Waals surface area (Å²) in [6, 6.07) is 4.29. The van der Waals surface area contributed by atoms with Crippen molar-refractivity contribution in [3.8, 4) is 0 Å². The molecule has 4 nitrogen and oxygen atoms in total. The first-order chi connectivity index (χ1) is 8.02. The van der Waals surface area contributed by atoms with E-state index in [4.69, 9.17) is 5.11 Å². The van der Waals surface area contributed by atoms with Gasteiger partial charge < -0.3 is 10.4 Å². The molecular weight excluding hydrogens is 225 g/mol. The third kappa shape index (κ3) is 3.86. The largest absolute Gasteiger partial charge is 0.481 e. The summed E-state index contributed by atoms with van der Waals surface area (Å²) in [5.74, 6) is -1.71. The van der Waals surface area contributed by atoms with Crippen molar-refractivity contribution in [3.63, 3.8) is 0 Å². The van der Waals surface area contributed by atoms with Crippen LogP contribution in [0.15, 0.2) is 18.2 Å². The molecule has 0 unspecified atom stereocenters. The predicted molar refractivity (Wildman–Crippen MR) is 60.3 cm³/mol. The van der Waals surface area contributed by atoms with Gasteiger partial charge in [0.2, 0.25) is 0 Å². The van der Waals surface area contributed by atoms with Crippen molar-refractivity contribution >= 4 is 11.9 Å². The van der Waals surface area contributed by atoms with E-state index in [9.17, 15) is 14.0 Å². The fourth-order valence-corrected chi connectivity index (χ4v) is 1.39. The minimum atomic E-state index is -0.902. The molecule has 0 saturated carbocycles. The summed E-state index contributed by atoms with van der Waals surface area (Å²) in [5.41, 5.74) is 0.573. The molecule has 0 saturated heterocycles. The van der Waals surface area contributed by atoms with Crippen LogP contribution >= 0.6 is 0 Å². The maximum Gasteiger partial charge on any atom is 0.303 e. The second-order valence-corrected chi connectivity index (χ2v) is 3.67. The van der Waals surface area contributed by atoms with Crippen molar-refractivity contribution in [2.24, 2.45) is 0 Å². The summed E-state index contributed by atoms with van der Waals surface area (Å²) < 4.78 is 13.2. The van der Waals surface area contributed by atoms with Crippen molar-refractivity contribution in [2.45, 2.75) is 19.8 Å². The zero-order valence-corrected chi connectivity index (χ0v) is 9.50. The lowest BCUT2D eigenvalue weighted by Gasteiger charge is -2.07. The highest BCUT2D eigenvalue weighted by Gasteiger charge is 2.10. The van der Waals surface area contributed by atoms with E-state index < -0.39 is 11.8 Å². The Morgan fingerprint density at radius 2 is 2.12 bits per heavy atom. The summed E-state index contributed by atoms with van der Waals surface area (Å²) in [4.78, 5) is 21.9. The van der Waals surface area contributed by atoms with Gasteiger partial charge in [0.25, 0.3) is 5.91 Å². The van der Waals surface area contributed by atoms with Crippen LogP contribution in [-0.4, -0.2) is 23.5 Å². The van der Waals surface area contributed by atoms with Crippen molar-refractivity contribution in [1.29, 1.82) is 0 Å². The van der Waals surface area contributed by atoms with Crippen LogP contribution in [0.4, 0.5) is 4.39 Å². The van der Waals surface area contributed by atoms with Crippen molar-refractivity contribution < 1.29 is 19.1 Å². The Labute approximate surface area is 98.5 Å². The maximum atomic E-state index is 13.2. The van der Waals surface area contributed by atoms with Crippen molar-refractivity contribution in [2.75, 3.05) is 6.54 Å². The van der Waals surface area contributed by atoms with E-state index in [2.05, 4.69) is 5.32 Å². The van der Waals surface area contributed by atoms with E-state index in [-0.39, 0.29) is 24.4 Å². The average molecular weight is 239 g/mol. The number of carboxylic acids is 1. The van der Waals surface area contributed by atoms with Crippen LogP contribution in [0, 0.1) is 12.7 Å². The Hall–Kier alpha value is -1.91.